The molecule has 0 saturated carbocycles. The third-order valence-corrected chi connectivity index (χ3v) is 2.36. The number of esters is 1. The normalized spacial score (nSPS) is 13.5. The first-order valence-corrected chi connectivity index (χ1v) is 4.76. The summed E-state index contributed by atoms with van der Waals surface area (Å²) in [5, 5.41) is 6.59. The summed E-state index contributed by atoms with van der Waals surface area (Å²) in [5.74, 6) is 1.35. The maximum Gasteiger partial charge on any atom is 0.359 e. The minimum absolute atomic E-state index is 0.197. The lowest BCUT2D eigenvalue weighted by molar-refractivity contribution is 0.0519. The Labute approximate surface area is 86.1 Å². The molecule has 0 atom stereocenters. The summed E-state index contributed by atoms with van der Waals surface area (Å²) in [4.78, 5) is 22.1. The molecule has 0 spiro atoms. The molecule has 2 rings (SSSR count). The van der Waals surface area contributed by atoms with Gasteiger partial charge in [-0.1, -0.05) is 0 Å². The number of ether oxygens (including phenoxy) is 1. The molecule has 78 valence electrons. The zero-order valence-corrected chi connectivity index (χ0v) is 8.29. The van der Waals surface area contributed by atoms with E-state index in [-0.39, 0.29) is 5.69 Å². The van der Waals surface area contributed by atoms with Gasteiger partial charge < -0.3 is 4.74 Å². The molecule has 1 aliphatic carbocycles. The van der Waals surface area contributed by atoms with Gasteiger partial charge in [0.15, 0.2) is 5.69 Å². The number of rotatable bonds is 2. The fraction of sp³-hybridized carbons (Fsp3) is 0.400. The first-order valence-electron chi connectivity index (χ1n) is 4.76. The van der Waals surface area contributed by atoms with Crippen molar-refractivity contribution in [1.29, 1.82) is 0 Å². The highest BCUT2D eigenvalue weighted by Crippen LogP contribution is 2.31. The van der Waals surface area contributed by atoms with E-state index in [9.17, 15) is 9.59 Å². The van der Waals surface area contributed by atoms with Gasteiger partial charge in [-0.15, -0.1) is 0 Å². The quantitative estimate of drug-likeness (QED) is 0.572. The van der Waals surface area contributed by atoms with Gasteiger partial charge >= 0.3 is 5.97 Å². The highest BCUT2D eigenvalue weighted by atomic mass is 16.5. The molecular formula is C10H10N2O3. The summed E-state index contributed by atoms with van der Waals surface area (Å²) in [5.41, 5.74) is 2.10. The van der Waals surface area contributed by atoms with E-state index in [0.29, 0.717) is 30.6 Å². The number of carbonyl (C=O) groups is 1. The molecule has 5 heteroatoms. The second kappa shape index (κ2) is 3.71. The number of aryl methyl sites for hydroxylation is 1. The van der Waals surface area contributed by atoms with Crippen molar-refractivity contribution >= 4 is 17.5 Å². The molecule has 0 fully saturated rings. The number of H-pyrrole nitrogens is 1. The molecule has 1 heterocycles. The van der Waals surface area contributed by atoms with E-state index in [1.807, 2.05) is 5.94 Å². The van der Waals surface area contributed by atoms with E-state index >= 15 is 0 Å². The number of nitrogens with one attached hydrogen (secondary N) is 1. The summed E-state index contributed by atoms with van der Waals surface area (Å²) in [6.45, 7) is 2.02. The maximum absolute atomic E-state index is 11.5. The van der Waals surface area contributed by atoms with Crippen LogP contribution in [0.2, 0.25) is 0 Å². The van der Waals surface area contributed by atoms with Gasteiger partial charge in [-0.2, -0.15) is 5.10 Å². The summed E-state index contributed by atoms with van der Waals surface area (Å²) in [6, 6.07) is 0. The first-order chi connectivity index (χ1) is 7.27. The number of aromatic amines is 1. The molecule has 0 saturated heterocycles. The van der Waals surface area contributed by atoms with Crippen molar-refractivity contribution in [2.24, 2.45) is 0 Å². The summed E-state index contributed by atoms with van der Waals surface area (Å²) < 4.78 is 4.84. The number of allylic oxidation sites excluding steroid dienone is 1. The van der Waals surface area contributed by atoms with Crippen molar-refractivity contribution in [3.8, 4) is 0 Å². The van der Waals surface area contributed by atoms with Crippen LogP contribution in [0.25, 0.3) is 5.57 Å². The lowest BCUT2D eigenvalue weighted by Gasteiger charge is -1.99. The Balaban J connectivity index is 2.43. The molecule has 0 radical (unpaired) electrons. The van der Waals surface area contributed by atoms with E-state index in [1.165, 1.54) is 0 Å². The van der Waals surface area contributed by atoms with Crippen LogP contribution in [-0.2, 0) is 16.0 Å². The van der Waals surface area contributed by atoms with Gasteiger partial charge in [0.25, 0.3) is 0 Å². The molecule has 0 aromatic carbocycles. The highest BCUT2D eigenvalue weighted by molar-refractivity contribution is 6.00. The van der Waals surface area contributed by atoms with E-state index < -0.39 is 5.97 Å². The van der Waals surface area contributed by atoms with Crippen LogP contribution in [0.15, 0.2) is 0 Å². The highest BCUT2D eigenvalue weighted by Gasteiger charge is 2.28. The Morgan fingerprint density at radius 2 is 2.40 bits per heavy atom. The molecule has 1 aromatic heterocycles. The molecule has 0 amide bonds. The van der Waals surface area contributed by atoms with Crippen molar-refractivity contribution in [3.63, 3.8) is 0 Å². The summed E-state index contributed by atoms with van der Waals surface area (Å²) >= 11 is 0. The van der Waals surface area contributed by atoms with Crippen molar-refractivity contribution < 1.29 is 14.3 Å². The number of carbonyl (C=O) groups excluding carboxylic acids is 2. The maximum atomic E-state index is 11.5. The predicted molar refractivity (Wildman–Crippen MR) is 52.0 cm³/mol. The number of nitrogens with zero attached hydrogens (tertiary/aromatic N) is 1. The lowest BCUT2D eigenvalue weighted by Crippen LogP contribution is -2.07. The van der Waals surface area contributed by atoms with Gasteiger partial charge in [0.1, 0.15) is 5.94 Å². The number of hydrogen-bond donors (Lipinski definition) is 1. The van der Waals surface area contributed by atoms with Crippen LogP contribution < -0.4 is 0 Å². The zero-order chi connectivity index (χ0) is 10.8. The van der Waals surface area contributed by atoms with E-state index in [0.717, 1.165) is 5.69 Å². The number of aromatic nitrogens is 2. The average Bonchev–Trinajstić information content (AvgIpc) is 2.77. The second-order valence-corrected chi connectivity index (χ2v) is 3.23. The largest absolute Gasteiger partial charge is 0.461 e. The number of fused-ring (bicyclic) bond motifs is 1. The molecule has 0 bridgehead atoms. The average molecular weight is 206 g/mol. The monoisotopic (exact) mass is 206 g/mol. The minimum Gasteiger partial charge on any atom is -0.461 e. The zero-order valence-electron chi connectivity index (χ0n) is 8.29. The van der Waals surface area contributed by atoms with Crippen molar-refractivity contribution in [2.45, 2.75) is 19.8 Å². The van der Waals surface area contributed by atoms with Gasteiger partial charge in [-0.05, 0) is 19.8 Å². The standard InChI is InChI=1S/C10H10N2O3/c1-2-15-10(14)9-8-6(5-13)3-4-7(8)11-12-9/h2-4H2,1H3,(H,11,12). The number of hydrogen-bond acceptors (Lipinski definition) is 4. The van der Waals surface area contributed by atoms with Gasteiger partial charge in [0.2, 0.25) is 0 Å². The lowest BCUT2D eigenvalue weighted by atomic mass is 10.1. The molecule has 0 aliphatic heterocycles. The smallest absolute Gasteiger partial charge is 0.359 e. The van der Waals surface area contributed by atoms with Crippen molar-refractivity contribution in [3.05, 3.63) is 17.0 Å². The van der Waals surface area contributed by atoms with Gasteiger partial charge in [0.05, 0.1) is 6.61 Å². The van der Waals surface area contributed by atoms with Crippen LogP contribution in [0.5, 0.6) is 0 Å². The molecule has 1 N–H and O–H groups in total. The van der Waals surface area contributed by atoms with Gasteiger partial charge in [0, 0.05) is 16.8 Å². The summed E-state index contributed by atoms with van der Waals surface area (Å²) in [6.07, 6.45) is 1.31. The first kappa shape index (κ1) is 9.68. The molecule has 1 aliphatic rings. The Morgan fingerprint density at radius 3 is 3.07 bits per heavy atom. The second-order valence-electron chi connectivity index (χ2n) is 3.23. The topological polar surface area (TPSA) is 72.0 Å². The third-order valence-electron chi connectivity index (χ3n) is 2.36. The fourth-order valence-electron chi connectivity index (χ4n) is 1.71. The Hall–Kier alpha value is -1.87. The van der Waals surface area contributed by atoms with E-state index in [4.69, 9.17) is 4.74 Å². The van der Waals surface area contributed by atoms with Crippen molar-refractivity contribution in [2.75, 3.05) is 6.61 Å². The van der Waals surface area contributed by atoms with E-state index in [2.05, 4.69) is 10.2 Å². The van der Waals surface area contributed by atoms with Crippen LogP contribution in [0.1, 0.15) is 35.1 Å². The third kappa shape index (κ3) is 1.47. The molecule has 1 aromatic rings. The molecule has 0 unspecified atom stereocenters. The Kier molecular flexibility index (Phi) is 2.39. The van der Waals surface area contributed by atoms with E-state index in [1.54, 1.807) is 6.92 Å². The molecule has 15 heavy (non-hydrogen) atoms. The van der Waals surface area contributed by atoms with Crippen LogP contribution in [0.4, 0.5) is 0 Å². The van der Waals surface area contributed by atoms with Gasteiger partial charge in [-0.25, -0.2) is 9.59 Å². The van der Waals surface area contributed by atoms with Crippen molar-refractivity contribution in [1.82, 2.24) is 10.2 Å². The molecular weight excluding hydrogens is 196 g/mol. The minimum atomic E-state index is -0.496. The SMILES string of the molecule is CCOC(=O)c1n[nH]c2c1C(=C=O)CC2. The van der Waals surface area contributed by atoms with Crippen LogP contribution in [0.3, 0.4) is 0 Å². The Morgan fingerprint density at radius 1 is 1.60 bits per heavy atom. The summed E-state index contributed by atoms with van der Waals surface area (Å²) in [7, 11) is 0. The van der Waals surface area contributed by atoms with Crippen LogP contribution in [-0.4, -0.2) is 28.7 Å². The molecule has 5 nitrogen and oxygen atoms in total. The van der Waals surface area contributed by atoms with Crippen LogP contribution in [0, 0.1) is 0 Å². The fourth-order valence-corrected chi connectivity index (χ4v) is 1.71. The Bertz CT molecular complexity index is 455. The predicted octanol–water partition coefficient (Wildman–Crippen LogP) is 0.748. The van der Waals surface area contributed by atoms with Gasteiger partial charge in [-0.3, -0.25) is 5.10 Å². The van der Waals surface area contributed by atoms with Crippen LogP contribution >= 0.6 is 0 Å².